The summed E-state index contributed by atoms with van der Waals surface area (Å²) in [7, 11) is 1.72. The highest BCUT2D eigenvalue weighted by Crippen LogP contribution is 2.20. The fourth-order valence-corrected chi connectivity index (χ4v) is 1.90. The third-order valence-electron chi connectivity index (χ3n) is 2.54. The molecule has 2 unspecified atom stereocenters. The molecule has 1 aromatic rings. The second kappa shape index (κ2) is 6.84. The van der Waals surface area contributed by atoms with Gasteiger partial charge in [0.05, 0.1) is 0 Å². The fourth-order valence-electron chi connectivity index (χ4n) is 1.62. The van der Waals surface area contributed by atoms with E-state index in [1.807, 2.05) is 12.1 Å². The summed E-state index contributed by atoms with van der Waals surface area (Å²) < 4.78 is 5.05. The highest BCUT2D eigenvalue weighted by Gasteiger charge is 2.12. The molecule has 0 aromatic carbocycles. The van der Waals surface area contributed by atoms with Crippen LogP contribution >= 0.6 is 11.6 Å². The van der Waals surface area contributed by atoms with Crippen molar-refractivity contribution >= 4 is 11.6 Å². The first-order chi connectivity index (χ1) is 7.65. The minimum absolute atomic E-state index is 0.202. The lowest BCUT2D eigenvalue weighted by molar-refractivity contribution is 0.183. The monoisotopic (exact) mass is 242 g/mol. The molecule has 0 radical (unpaired) electrons. The Balaban J connectivity index is 2.52. The van der Waals surface area contributed by atoms with E-state index in [2.05, 4.69) is 24.1 Å². The van der Waals surface area contributed by atoms with Gasteiger partial charge in [-0.1, -0.05) is 17.7 Å². The first kappa shape index (κ1) is 13.4. The lowest BCUT2D eigenvalue weighted by Gasteiger charge is -2.20. The number of rotatable bonds is 6. The number of methoxy groups -OCH3 is 1. The van der Waals surface area contributed by atoms with Gasteiger partial charge in [0.2, 0.25) is 0 Å². The smallest absolute Gasteiger partial charge is 0.133 e. The van der Waals surface area contributed by atoms with E-state index in [-0.39, 0.29) is 6.04 Å². The molecule has 90 valence electrons. The molecule has 0 saturated carbocycles. The number of halogens is 1. The van der Waals surface area contributed by atoms with Crippen LogP contribution in [0.1, 0.15) is 31.9 Å². The molecule has 0 saturated heterocycles. The molecular weight excluding hydrogens is 224 g/mol. The standard InChI is InChI=1S/C12H19ClN2O/c1-9(6-8-16-3)15-10(2)11-5-4-7-14-12(11)13/h4-5,7,9-10,15H,6,8H2,1-3H3. The van der Waals surface area contributed by atoms with Crippen LogP contribution in [-0.4, -0.2) is 24.7 Å². The molecule has 1 aromatic heterocycles. The minimum Gasteiger partial charge on any atom is -0.385 e. The summed E-state index contributed by atoms with van der Waals surface area (Å²) in [6, 6.07) is 4.49. The van der Waals surface area contributed by atoms with Gasteiger partial charge in [-0.05, 0) is 26.3 Å². The maximum atomic E-state index is 6.03. The van der Waals surface area contributed by atoms with Gasteiger partial charge < -0.3 is 10.1 Å². The average Bonchev–Trinajstić information content (AvgIpc) is 2.26. The van der Waals surface area contributed by atoms with Gasteiger partial charge in [-0.15, -0.1) is 0 Å². The Morgan fingerprint density at radius 3 is 2.88 bits per heavy atom. The number of pyridine rings is 1. The van der Waals surface area contributed by atoms with Crippen molar-refractivity contribution in [1.82, 2.24) is 10.3 Å². The van der Waals surface area contributed by atoms with Crippen molar-refractivity contribution in [2.45, 2.75) is 32.4 Å². The summed E-state index contributed by atoms with van der Waals surface area (Å²) >= 11 is 6.03. The summed E-state index contributed by atoms with van der Waals surface area (Å²) in [5, 5.41) is 4.04. The lowest BCUT2D eigenvalue weighted by Crippen LogP contribution is -2.30. The molecular formula is C12H19ClN2O. The third-order valence-corrected chi connectivity index (χ3v) is 2.86. The van der Waals surface area contributed by atoms with E-state index in [1.54, 1.807) is 13.3 Å². The van der Waals surface area contributed by atoms with Crippen LogP contribution in [0.25, 0.3) is 0 Å². The van der Waals surface area contributed by atoms with Gasteiger partial charge in [0.1, 0.15) is 5.15 Å². The first-order valence-electron chi connectivity index (χ1n) is 5.50. The minimum atomic E-state index is 0.202. The fraction of sp³-hybridized carbons (Fsp3) is 0.583. The first-order valence-corrected chi connectivity index (χ1v) is 5.88. The normalized spacial score (nSPS) is 14.8. The van der Waals surface area contributed by atoms with Crippen molar-refractivity contribution in [2.75, 3.05) is 13.7 Å². The average molecular weight is 243 g/mol. The van der Waals surface area contributed by atoms with E-state index < -0.39 is 0 Å². The van der Waals surface area contributed by atoms with Gasteiger partial charge in [0.25, 0.3) is 0 Å². The van der Waals surface area contributed by atoms with Gasteiger partial charge in [-0.3, -0.25) is 0 Å². The summed E-state index contributed by atoms with van der Waals surface area (Å²) in [5.41, 5.74) is 1.04. The molecule has 0 amide bonds. The van der Waals surface area contributed by atoms with Gasteiger partial charge in [0.15, 0.2) is 0 Å². The van der Waals surface area contributed by atoms with Gasteiger partial charge in [-0.2, -0.15) is 0 Å². The molecule has 16 heavy (non-hydrogen) atoms. The molecule has 2 atom stereocenters. The topological polar surface area (TPSA) is 34.1 Å². The van der Waals surface area contributed by atoms with Crippen LogP contribution in [-0.2, 0) is 4.74 Å². The SMILES string of the molecule is COCCC(C)NC(C)c1cccnc1Cl. The van der Waals surface area contributed by atoms with Crippen molar-refractivity contribution in [3.63, 3.8) is 0 Å². The van der Waals surface area contributed by atoms with Crippen molar-refractivity contribution in [3.05, 3.63) is 29.0 Å². The van der Waals surface area contributed by atoms with E-state index in [1.165, 1.54) is 0 Å². The maximum Gasteiger partial charge on any atom is 0.133 e. The van der Waals surface area contributed by atoms with Crippen molar-refractivity contribution in [2.24, 2.45) is 0 Å². The second-order valence-corrected chi connectivity index (χ2v) is 4.31. The molecule has 3 nitrogen and oxygen atoms in total. The van der Waals surface area contributed by atoms with E-state index in [4.69, 9.17) is 16.3 Å². The predicted octanol–water partition coefficient (Wildman–Crippen LogP) is 2.81. The largest absolute Gasteiger partial charge is 0.385 e. The van der Waals surface area contributed by atoms with Gasteiger partial charge in [0, 0.05) is 37.6 Å². The van der Waals surface area contributed by atoms with Crippen molar-refractivity contribution in [1.29, 1.82) is 0 Å². The number of nitrogens with zero attached hydrogens (tertiary/aromatic N) is 1. The van der Waals surface area contributed by atoms with Crippen LogP contribution in [0.5, 0.6) is 0 Å². The Hall–Kier alpha value is -0.640. The summed E-state index contributed by atoms with van der Waals surface area (Å²) in [4.78, 5) is 4.07. The molecule has 0 aliphatic rings. The maximum absolute atomic E-state index is 6.03. The zero-order valence-electron chi connectivity index (χ0n) is 10.0. The molecule has 1 heterocycles. The van der Waals surface area contributed by atoms with Crippen LogP contribution in [0.4, 0.5) is 0 Å². The summed E-state index contributed by atoms with van der Waals surface area (Å²) in [6.45, 7) is 4.99. The molecule has 0 aliphatic carbocycles. The highest BCUT2D eigenvalue weighted by molar-refractivity contribution is 6.30. The quantitative estimate of drug-likeness (QED) is 0.779. The number of hydrogen-bond donors (Lipinski definition) is 1. The molecule has 1 rings (SSSR count). The van der Waals surface area contributed by atoms with E-state index >= 15 is 0 Å². The second-order valence-electron chi connectivity index (χ2n) is 3.95. The Morgan fingerprint density at radius 2 is 2.25 bits per heavy atom. The van der Waals surface area contributed by atoms with Crippen LogP contribution in [0.3, 0.4) is 0 Å². The number of hydrogen-bond acceptors (Lipinski definition) is 3. The van der Waals surface area contributed by atoms with Crippen LogP contribution in [0.15, 0.2) is 18.3 Å². The number of ether oxygens (including phenoxy) is 1. The molecule has 4 heteroatoms. The van der Waals surface area contributed by atoms with Crippen LogP contribution < -0.4 is 5.32 Å². The summed E-state index contributed by atoms with van der Waals surface area (Å²) in [5.74, 6) is 0. The van der Waals surface area contributed by atoms with Gasteiger partial charge >= 0.3 is 0 Å². The van der Waals surface area contributed by atoms with E-state index in [0.29, 0.717) is 11.2 Å². The Bertz CT molecular complexity index is 320. The Kier molecular flexibility index (Phi) is 5.74. The van der Waals surface area contributed by atoms with Crippen LogP contribution in [0, 0.1) is 0 Å². The molecule has 0 bridgehead atoms. The molecule has 0 spiro atoms. The van der Waals surface area contributed by atoms with Crippen molar-refractivity contribution < 1.29 is 4.74 Å². The lowest BCUT2D eigenvalue weighted by atomic mass is 10.1. The molecule has 0 fully saturated rings. The molecule has 0 aliphatic heterocycles. The zero-order valence-corrected chi connectivity index (χ0v) is 10.8. The van der Waals surface area contributed by atoms with E-state index in [0.717, 1.165) is 18.6 Å². The Labute approximate surface area is 102 Å². The summed E-state index contributed by atoms with van der Waals surface area (Å²) in [6.07, 6.45) is 2.69. The third kappa shape index (κ3) is 4.08. The molecule has 1 N–H and O–H groups in total. The number of aromatic nitrogens is 1. The van der Waals surface area contributed by atoms with E-state index in [9.17, 15) is 0 Å². The Morgan fingerprint density at radius 1 is 1.50 bits per heavy atom. The zero-order chi connectivity index (χ0) is 12.0. The predicted molar refractivity (Wildman–Crippen MR) is 66.8 cm³/mol. The van der Waals surface area contributed by atoms with Gasteiger partial charge in [-0.25, -0.2) is 4.98 Å². The number of nitrogens with one attached hydrogen (secondary N) is 1. The van der Waals surface area contributed by atoms with Crippen molar-refractivity contribution in [3.8, 4) is 0 Å². The van der Waals surface area contributed by atoms with Crippen LogP contribution in [0.2, 0.25) is 5.15 Å². The highest BCUT2D eigenvalue weighted by atomic mass is 35.5.